The topological polar surface area (TPSA) is 79.2 Å². The summed E-state index contributed by atoms with van der Waals surface area (Å²) in [7, 11) is 0. The van der Waals surface area contributed by atoms with E-state index in [1.54, 1.807) is 0 Å². The van der Waals surface area contributed by atoms with Gasteiger partial charge in [0.25, 0.3) is 0 Å². The van der Waals surface area contributed by atoms with Gasteiger partial charge in [-0.15, -0.1) is 0 Å². The van der Waals surface area contributed by atoms with Crippen LogP contribution in [0.25, 0.3) is 0 Å². The standard InChI is InChI=1S/C16H32O5/c1-2-3-4-5-6-7-8-9-15(19)21-16-13(18)12-20-14(16)10-11-17/h13-19H,2-12H2,1H3/t13-,14+,15?,16?/m0/s1. The van der Waals surface area contributed by atoms with Gasteiger partial charge >= 0.3 is 0 Å². The second-order valence-corrected chi connectivity index (χ2v) is 5.92. The van der Waals surface area contributed by atoms with Gasteiger partial charge in [0, 0.05) is 6.61 Å². The summed E-state index contributed by atoms with van der Waals surface area (Å²) in [6.45, 7) is 2.41. The highest BCUT2D eigenvalue weighted by molar-refractivity contribution is 4.84. The molecule has 3 N–H and O–H groups in total. The van der Waals surface area contributed by atoms with E-state index >= 15 is 0 Å². The molecule has 0 spiro atoms. The van der Waals surface area contributed by atoms with Crippen molar-refractivity contribution in [2.24, 2.45) is 0 Å². The molecule has 5 nitrogen and oxygen atoms in total. The van der Waals surface area contributed by atoms with E-state index in [-0.39, 0.29) is 19.3 Å². The molecule has 1 saturated heterocycles. The molecule has 0 bridgehead atoms. The first kappa shape index (κ1) is 18.8. The number of rotatable bonds is 12. The van der Waals surface area contributed by atoms with E-state index in [1.807, 2.05) is 0 Å². The summed E-state index contributed by atoms with van der Waals surface area (Å²) >= 11 is 0. The van der Waals surface area contributed by atoms with E-state index in [9.17, 15) is 10.2 Å². The third kappa shape index (κ3) is 7.56. The highest BCUT2D eigenvalue weighted by atomic mass is 16.6. The van der Waals surface area contributed by atoms with Gasteiger partial charge in [0.1, 0.15) is 12.2 Å². The van der Waals surface area contributed by atoms with Crippen LogP contribution in [-0.2, 0) is 9.47 Å². The molecule has 0 saturated carbocycles. The van der Waals surface area contributed by atoms with E-state index in [1.165, 1.54) is 32.1 Å². The zero-order valence-electron chi connectivity index (χ0n) is 13.2. The van der Waals surface area contributed by atoms with Crippen LogP contribution in [0, 0.1) is 0 Å². The second kappa shape index (κ2) is 11.4. The second-order valence-electron chi connectivity index (χ2n) is 5.92. The Kier molecular flexibility index (Phi) is 10.2. The third-order valence-corrected chi connectivity index (χ3v) is 4.01. The van der Waals surface area contributed by atoms with Crippen molar-refractivity contribution in [1.82, 2.24) is 0 Å². The predicted octanol–water partition coefficient (Wildman–Crippen LogP) is 1.97. The van der Waals surface area contributed by atoms with Crippen molar-refractivity contribution in [1.29, 1.82) is 0 Å². The lowest BCUT2D eigenvalue weighted by Gasteiger charge is -2.23. The Morgan fingerprint density at radius 1 is 1.14 bits per heavy atom. The van der Waals surface area contributed by atoms with Gasteiger partial charge in [0.05, 0.1) is 12.7 Å². The Balaban J connectivity index is 2.10. The average Bonchev–Trinajstić information content (AvgIpc) is 2.80. The zero-order valence-corrected chi connectivity index (χ0v) is 13.2. The minimum atomic E-state index is -0.858. The highest BCUT2D eigenvalue weighted by Crippen LogP contribution is 2.22. The minimum Gasteiger partial charge on any atom is -0.396 e. The van der Waals surface area contributed by atoms with Crippen molar-refractivity contribution in [3.8, 4) is 0 Å². The van der Waals surface area contributed by atoms with Gasteiger partial charge in [-0.2, -0.15) is 0 Å². The van der Waals surface area contributed by atoms with Gasteiger partial charge in [-0.25, -0.2) is 0 Å². The van der Waals surface area contributed by atoms with Crippen molar-refractivity contribution < 1.29 is 24.8 Å². The van der Waals surface area contributed by atoms with Crippen molar-refractivity contribution in [2.75, 3.05) is 13.2 Å². The minimum absolute atomic E-state index is 0.00883. The molecule has 21 heavy (non-hydrogen) atoms. The maximum atomic E-state index is 9.90. The van der Waals surface area contributed by atoms with Crippen molar-refractivity contribution >= 4 is 0 Å². The molecule has 5 heteroatoms. The molecule has 1 rings (SSSR count). The fourth-order valence-electron chi connectivity index (χ4n) is 2.74. The average molecular weight is 304 g/mol. The van der Waals surface area contributed by atoms with E-state index in [4.69, 9.17) is 14.6 Å². The van der Waals surface area contributed by atoms with Gasteiger partial charge in [-0.05, 0) is 19.3 Å². The molecular weight excluding hydrogens is 272 g/mol. The molecule has 0 aromatic rings. The van der Waals surface area contributed by atoms with Crippen LogP contribution in [0.4, 0.5) is 0 Å². The highest BCUT2D eigenvalue weighted by Gasteiger charge is 2.37. The number of aliphatic hydroxyl groups excluding tert-OH is 3. The third-order valence-electron chi connectivity index (χ3n) is 4.01. The van der Waals surface area contributed by atoms with E-state index < -0.39 is 18.5 Å². The number of aliphatic hydroxyl groups is 3. The molecule has 1 aliphatic heterocycles. The monoisotopic (exact) mass is 304 g/mol. The Morgan fingerprint density at radius 3 is 2.48 bits per heavy atom. The van der Waals surface area contributed by atoms with Crippen LogP contribution in [0.3, 0.4) is 0 Å². The first-order valence-electron chi connectivity index (χ1n) is 8.43. The van der Waals surface area contributed by atoms with Gasteiger partial charge in [-0.3, -0.25) is 0 Å². The lowest BCUT2D eigenvalue weighted by molar-refractivity contribution is -0.171. The van der Waals surface area contributed by atoms with E-state index in [0.717, 1.165) is 12.8 Å². The lowest BCUT2D eigenvalue weighted by atomic mass is 10.1. The van der Waals surface area contributed by atoms with Crippen LogP contribution in [0.15, 0.2) is 0 Å². The first-order valence-corrected chi connectivity index (χ1v) is 8.43. The zero-order chi connectivity index (χ0) is 15.5. The molecule has 1 aliphatic rings. The molecule has 0 aliphatic carbocycles. The molecule has 2 unspecified atom stereocenters. The predicted molar refractivity (Wildman–Crippen MR) is 80.9 cm³/mol. The Bertz CT molecular complexity index is 247. The van der Waals surface area contributed by atoms with Gasteiger partial charge in [0.2, 0.25) is 0 Å². The summed E-state index contributed by atoms with van der Waals surface area (Å²) in [5.41, 5.74) is 0. The van der Waals surface area contributed by atoms with Crippen LogP contribution in [0.2, 0.25) is 0 Å². The summed E-state index contributed by atoms with van der Waals surface area (Å²) in [6.07, 6.45) is 6.94. The SMILES string of the molecule is CCCCCCCCCC(O)OC1[C@@H](O)CO[C@@H]1CCO. The molecular formula is C16H32O5. The summed E-state index contributed by atoms with van der Waals surface area (Å²) < 4.78 is 10.9. The largest absolute Gasteiger partial charge is 0.396 e. The summed E-state index contributed by atoms with van der Waals surface area (Å²) in [4.78, 5) is 0. The lowest BCUT2D eigenvalue weighted by Crippen LogP contribution is -2.37. The quantitative estimate of drug-likeness (QED) is 0.379. The number of ether oxygens (including phenoxy) is 2. The van der Waals surface area contributed by atoms with E-state index in [2.05, 4.69) is 6.92 Å². The molecule has 4 atom stereocenters. The van der Waals surface area contributed by atoms with Crippen LogP contribution < -0.4 is 0 Å². The van der Waals surface area contributed by atoms with Crippen LogP contribution >= 0.6 is 0 Å². The molecule has 1 fully saturated rings. The maximum Gasteiger partial charge on any atom is 0.155 e. The molecule has 126 valence electrons. The maximum absolute atomic E-state index is 9.90. The van der Waals surface area contributed by atoms with E-state index in [0.29, 0.717) is 12.8 Å². The summed E-state index contributed by atoms with van der Waals surface area (Å²) in [5, 5.41) is 28.6. The van der Waals surface area contributed by atoms with Gasteiger partial charge < -0.3 is 24.8 Å². The molecule has 0 aromatic carbocycles. The van der Waals surface area contributed by atoms with Gasteiger partial charge in [-0.1, -0.05) is 45.4 Å². The number of hydrogen-bond donors (Lipinski definition) is 3. The summed E-state index contributed by atoms with van der Waals surface area (Å²) in [6, 6.07) is 0. The fraction of sp³-hybridized carbons (Fsp3) is 1.00. The van der Waals surface area contributed by atoms with Crippen molar-refractivity contribution in [3.05, 3.63) is 0 Å². The molecule has 0 radical (unpaired) electrons. The number of hydrogen-bond acceptors (Lipinski definition) is 5. The van der Waals surface area contributed by atoms with Crippen LogP contribution in [0.5, 0.6) is 0 Å². The first-order chi connectivity index (χ1) is 10.2. The van der Waals surface area contributed by atoms with Crippen LogP contribution in [0.1, 0.15) is 64.7 Å². The molecule has 0 amide bonds. The van der Waals surface area contributed by atoms with Crippen LogP contribution in [-0.4, -0.2) is 53.1 Å². The normalized spacial score (nSPS) is 27.1. The Hall–Kier alpha value is -0.200. The molecule has 1 heterocycles. The Labute approximate surface area is 128 Å². The summed E-state index contributed by atoms with van der Waals surface area (Å²) in [5.74, 6) is 0. The Morgan fingerprint density at radius 2 is 1.81 bits per heavy atom. The number of unbranched alkanes of at least 4 members (excludes halogenated alkanes) is 6. The smallest absolute Gasteiger partial charge is 0.155 e. The fourth-order valence-corrected chi connectivity index (χ4v) is 2.74. The van der Waals surface area contributed by atoms with Crippen molar-refractivity contribution in [3.63, 3.8) is 0 Å². The van der Waals surface area contributed by atoms with Gasteiger partial charge in [0.15, 0.2) is 6.29 Å². The van der Waals surface area contributed by atoms with Crippen molar-refractivity contribution in [2.45, 2.75) is 89.3 Å². The molecule has 0 aromatic heterocycles.